The van der Waals surface area contributed by atoms with Gasteiger partial charge >= 0.3 is 18.1 Å². The minimum absolute atomic E-state index is 0.0259. The maximum atomic E-state index is 15.2. The lowest BCUT2D eigenvalue weighted by atomic mass is 9.84. The topological polar surface area (TPSA) is 246 Å². The van der Waals surface area contributed by atoms with E-state index in [0.717, 1.165) is 60.4 Å². The van der Waals surface area contributed by atoms with Crippen LogP contribution in [0.15, 0.2) is 168 Å². The fraction of sp³-hybridized carbons (Fsp3) is 0.472. The van der Waals surface area contributed by atoms with Crippen molar-refractivity contribution in [2.45, 2.75) is 239 Å². The molecule has 4 aliphatic rings. The number of unbranched alkanes of at least 4 members (excludes halogenated alkanes) is 22. The van der Waals surface area contributed by atoms with Crippen LogP contribution < -0.4 is 25.4 Å². The average molecular weight is 1570 g/mol. The van der Waals surface area contributed by atoms with Crippen molar-refractivity contribution in [1.82, 2.24) is 14.7 Å². The molecule has 0 aliphatic carbocycles. The maximum Gasteiger partial charge on any atom is 0.418 e. The highest BCUT2D eigenvalue weighted by molar-refractivity contribution is 6.34. The Morgan fingerprint density at radius 3 is 1.53 bits per heavy atom. The second kappa shape index (κ2) is 43.3. The van der Waals surface area contributed by atoms with Crippen molar-refractivity contribution in [2.24, 2.45) is 22.0 Å². The van der Waals surface area contributed by atoms with Crippen molar-refractivity contribution >= 4 is 111 Å². The molecule has 4 aliphatic heterocycles. The van der Waals surface area contributed by atoms with Gasteiger partial charge in [0.05, 0.1) is 76.2 Å². The van der Waals surface area contributed by atoms with Crippen molar-refractivity contribution < 1.29 is 57.4 Å². The largest absolute Gasteiger partial charge is 0.491 e. The van der Waals surface area contributed by atoms with Gasteiger partial charge in [0.2, 0.25) is 0 Å². The standard InChI is InChI=1S/C52H62ClN5O6.C37H49ClN4O6/c1-3-4-5-6-7-8-9-10-11-12-13-14-15-25-34-64-51(62)41-32-33-43(53)44(35-41)54-50(61)48(57-45(59)37-56(52(57)63)36-39-26-19-16-20-27-39)49(60)46-38(2)58(42-30-23-18-24-31-42)55-47(46)40-28-21-17-22-29-40;1-6-7-8-9-10-11-12-13-14-18-23-47-30-22-21-27(38)24-29(30)39-34(44)32(41-35(45)37(4,5)48-36(41)46)33(43)31-25(2)40-42(26(31)3)28-19-16-15-17-20-28/h16-24,26-33,35,38,46,48H,3-15,25,34,36-37H2,1-2H3,(H,54,61);15-17,19-22,24,26,31-32H,6-14,18,23H2,1-5H3,(H,39,44). The van der Waals surface area contributed by atoms with E-state index in [4.69, 9.17) is 42.5 Å². The van der Waals surface area contributed by atoms with Crippen LogP contribution in [0.25, 0.3) is 0 Å². The molecule has 2 fully saturated rings. The van der Waals surface area contributed by atoms with Crippen LogP contribution in [0.1, 0.15) is 224 Å². The number of nitrogens with zero attached hydrogens (tertiary/aromatic N) is 7. The fourth-order valence-corrected chi connectivity index (χ4v) is 15.1. The Kier molecular flexibility index (Phi) is 33.4. The number of carbonyl (C=O) groups excluding carboxylic acids is 9. The second-order valence-corrected chi connectivity index (χ2v) is 30.9. The summed E-state index contributed by atoms with van der Waals surface area (Å²) in [7, 11) is 0. The molecule has 6 aromatic carbocycles. The molecule has 0 saturated carbocycles. The van der Waals surface area contributed by atoms with Gasteiger partial charge in [-0.05, 0) is 119 Å². The molecular weight excluding hydrogens is 1460 g/mol. The van der Waals surface area contributed by atoms with E-state index in [2.05, 4.69) is 29.6 Å². The summed E-state index contributed by atoms with van der Waals surface area (Å²) in [6, 6.07) is 40.5. The molecule has 7 amide bonds. The number of nitrogens with one attached hydrogen (secondary N) is 2. The Morgan fingerprint density at radius 1 is 0.536 bits per heavy atom. The zero-order valence-corrected chi connectivity index (χ0v) is 67.6. The number of imide groups is 2. The van der Waals surface area contributed by atoms with Gasteiger partial charge in [-0.1, -0.05) is 275 Å². The lowest BCUT2D eigenvalue weighted by Crippen LogP contribution is -2.56. The molecule has 6 atom stereocenters. The third-order valence-corrected chi connectivity index (χ3v) is 21.5. The highest BCUT2D eigenvalue weighted by Crippen LogP contribution is 2.38. The highest BCUT2D eigenvalue weighted by Gasteiger charge is 2.57. The number of para-hydroxylation sites is 2. The number of ether oxygens (including phenoxy) is 3. The number of esters is 1. The van der Waals surface area contributed by atoms with Crippen molar-refractivity contribution in [3.63, 3.8) is 0 Å². The Hall–Kier alpha value is -9.73. The zero-order chi connectivity index (χ0) is 80.1. The summed E-state index contributed by atoms with van der Waals surface area (Å²) in [5.74, 6) is -6.84. The Bertz CT molecular complexity index is 4210. The van der Waals surface area contributed by atoms with Gasteiger partial charge in [0.15, 0.2) is 29.3 Å². The molecule has 2 N–H and O–H groups in total. The summed E-state index contributed by atoms with van der Waals surface area (Å²) in [6.07, 6.45) is 27.9. The molecule has 4 heterocycles. The van der Waals surface area contributed by atoms with E-state index in [-0.39, 0.29) is 41.7 Å². The number of cyclic esters (lactones) is 1. The zero-order valence-electron chi connectivity index (χ0n) is 66.1. The Labute approximate surface area is 670 Å². The third-order valence-electron chi connectivity index (χ3n) is 20.9. The summed E-state index contributed by atoms with van der Waals surface area (Å²) >= 11 is 12.9. The van der Waals surface area contributed by atoms with Gasteiger partial charge in [0.1, 0.15) is 12.3 Å². The summed E-state index contributed by atoms with van der Waals surface area (Å²) in [5.41, 5.74) is 2.62. The lowest BCUT2D eigenvalue weighted by molar-refractivity contribution is -0.143. The van der Waals surface area contributed by atoms with Crippen LogP contribution in [-0.4, -0.2) is 129 Å². The minimum Gasteiger partial charge on any atom is -0.491 e. The first kappa shape index (κ1) is 86.3. The molecule has 21 nitrogen and oxygen atoms in total. The van der Waals surface area contributed by atoms with Crippen molar-refractivity contribution in [3.8, 4) is 5.75 Å². The van der Waals surface area contributed by atoms with Crippen LogP contribution in [0, 0.1) is 11.8 Å². The van der Waals surface area contributed by atoms with E-state index >= 15 is 4.79 Å². The van der Waals surface area contributed by atoms with Crippen LogP contribution in [0.4, 0.5) is 32.3 Å². The molecule has 0 aromatic heterocycles. The van der Waals surface area contributed by atoms with Crippen LogP contribution in [0.5, 0.6) is 5.75 Å². The first-order valence-corrected chi connectivity index (χ1v) is 41.1. The lowest BCUT2D eigenvalue weighted by Gasteiger charge is -2.30. The van der Waals surface area contributed by atoms with Crippen molar-refractivity contribution in [3.05, 3.63) is 184 Å². The molecule has 0 bridgehead atoms. The number of carbonyl (C=O) groups is 9. The molecule has 2 saturated heterocycles. The SMILES string of the molecule is CCCCCCCCCCCCCCCCOC(=O)c1ccc(Cl)c(NC(=O)C(C(=O)C2C(c3ccccc3)=NN(c3ccccc3)C2C)N2C(=O)CN(Cc3ccccc3)C2=O)c1.CCCCCCCCCCCCOc1ccc(Cl)cc1NC(=O)C(C(=O)C1C(C)=NN(c2ccccc2)C1C)N1C(=O)OC(C)(C)C1=O. The summed E-state index contributed by atoms with van der Waals surface area (Å²) in [4.78, 5) is 129. The van der Waals surface area contributed by atoms with E-state index in [9.17, 15) is 38.4 Å². The Morgan fingerprint density at radius 2 is 1.00 bits per heavy atom. The van der Waals surface area contributed by atoms with E-state index in [1.165, 1.54) is 159 Å². The molecule has 112 heavy (non-hydrogen) atoms. The first-order chi connectivity index (χ1) is 54.1. The van der Waals surface area contributed by atoms with Gasteiger partial charge < -0.3 is 29.7 Å². The number of hydrazone groups is 2. The minimum atomic E-state index is -1.91. The molecule has 6 unspecified atom stereocenters. The average Bonchev–Trinajstić information content (AvgIpc) is 1.60. The fourth-order valence-electron chi connectivity index (χ4n) is 14.8. The van der Waals surface area contributed by atoms with Crippen LogP contribution in [0.2, 0.25) is 10.0 Å². The first-order valence-electron chi connectivity index (χ1n) is 40.3. The quantitative estimate of drug-likeness (QED) is 0.0156. The van der Waals surface area contributed by atoms with Crippen LogP contribution in [0.3, 0.4) is 0 Å². The summed E-state index contributed by atoms with van der Waals surface area (Å²) < 4.78 is 16.9. The number of urea groups is 1. The summed E-state index contributed by atoms with van der Waals surface area (Å²) in [6.45, 7) is 13.1. The van der Waals surface area contributed by atoms with Crippen LogP contribution >= 0.6 is 23.2 Å². The molecule has 6 aromatic rings. The number of ketones is 2. The molecule has 10 rings (SSSR count). The number of Topliss-reactive ketones (excluding diaryl/α,β-unsaturated/α-hetero) is 2. The number of amides is 7. The number of halogens is 2. The van der Waals surface area contributed by atoms with E-state index < -0.39 is 94.9 Å². The van der Waals surface area contributed by atoms with Crippen molar-refractivity contribution in [2.75, 3.05) is 40.4 Å². The second-order valence-electron chi connectivity index (χ2n) is 30.0. The number of benzene rings is 6. The van der Waals surface area contributed by atoms with Crippen LogP contribution in [-0.2, 0) is 44.8 Å². The summed E-state index contributed by atoms with van der Waals surface area (Å²) in [5, 5.41) is 18.8. The number of hydrogen-bond donors (Lipinski definition) is 2. The normalized spacial score (nSPS) is 17.7. The smallest absolute Gasteiger partial charge is 0.418 e. The predicted octanol–water partition coefficient (Wildman–Crippen LogP) is 19.4. The Balaban J connectivity index is 0.000000268. The molecule has 598 valence electrons. The van der Waals surface area contributed by atoms with Gasteiger partial charge in [-0.15, -0.1) is 0 Å². The maximum absolute atomic E-state index is 15.2. The van der Waals surface area contributed by atoms with Gasteiger partial charge in [0.25, 0.3) is 23.6 Å². The monoisotopic (exact) mass is 1570 g/mol. The predicted molar refractivity (Wildman–Crippen MR) is 442 cm³/mol. The van der Waals surface area contributed by atoms with Gasteiger partial charge in [-0.25, -0.2) is 24.2 Å². The number of rotatable bonds is 43. The van der Waals surface area contributed by atoms with Gasteiger partial charge in [0, 0.05) is 17.3 Å². The van der Waals surface area contributed by atoms with E-state index in [1.807, 2.05) is 135 Å². The molecule has 23 heteroatoms. The van der Waals surface area contributed by atoms with E-state index in [0.29, 0.717) is 39.3 Å². The van der Waals surface area contributed by atoms with Gasteiger partial charge in [-0.3, -0.25) is 38.8 Å². The number of anilines is 4. The highest BCUT2D eigenvalue weighted by atomic mass is 35.5. The van der Waals surface area contributed by atoms with E-state index in [1.54, 1.807) is 29.1 Å². The third kappa shape index (κ3) is 23.5. The van der Waals surface area contributed by atoms with Crippen molar-refractivity contribution in [1.29, 1.82) is 0 Å². The molecule has 0 radical (unpaired) electrons. The number of hydrogen-bond acceptors (Lipinski definition) is 16. The molecular formula is C89H111Cl2N9O12. The molecule has 0 spiro atoms. The van der Waals surface area contributed by atoms with Gasteiger partial charge in [-0.2, -0.15) is 10.2 Å².